The third-order valence-electron chi connectivity index (χ3n) is 2.66. The minimum atomic E-state index is -2.93. The average molecular weight is 287 g/mol. The Morgan fingerprint density at radius 2 is 2.00 bits per heavy atom. The van der Waals surface area contributed by atoms with Gasteiger partial charge in [0.2, 0.25) is 0 Å². The van der Waals surface area contributed by atoms with Gasteiger partial charge in [0.05, 0.1) is 18.5 Å². The second kappa shape index (κ2) is 6.52. The number of aromatic nitrogens is 2. The summed E-state index contributed by atoms with van der Waals surface area (Å²) in [5.41, 5.74) is 1.13. The van der Waals surface area contributed by atoms with Crippen LogP contribution in [0, 0.1) is 0 Å². The molecule has 0 bridgehead atoms. The van der Waals surface area contributed by atoms with E-state index in [1.54, 1.807) is 10.9 Å². The van der Waals surface area contributed by atoms with Gasteiger partial charge in [0.1, 0.15) is 0 Å². The molecule has 1 aromatic rings. The first-order valence-corrected chi connectivity index (χ1v) is 8.51. The summed E-state index contributed by atoms with van der Waals surface area (Å²) < 4.78 is 24.9. The molecule has 19 heavy (non-hydrogen) atoms. The van der Waals surface area contributed by atoms with Gasteiger partial charge in [-0.25, -0.2) is 8.42 Å². The van der Waals surface area contributed by atoms with Gasteiger partial charge in [-0.1, -0.05) is 6.92 Å². The van der Waals surface area contributed by atoms with Crippen LogP contribution in [0.1, 0.15) is 39.7 Å². The molecule has 0 amide bonds. The summed E-state index contributed by atoms with van der Waals surface area (Å²) in [7, 11) is -2.93. The van der Waals surface area contributed by atoms with Gasteiger partial charge < -0.3 is 5.32 Å². The van der Waals surface area contributed by atoms with Crippen molar-refractivity contribution < 1.29 is 8.42 Å². The molecule has 0 aliphatic carbocycles. The van der Waals surface area contributed by atoms with Crippen LogP contribution in [0.5, 0.6) is 0 Å². The lowest BCUT2D eigenvalue weighted by Crippen LogP contribution is -2.34. The van der Waals surface area contributed by atoms with Crippen LogP contribution in [0.25, 0.3) is 0 Å². The average Bonchev–Trinajstić information content (AvgIpc) is 2.71. The maximum Gasteiger partial charge on any atom is 0.152 e. The van der Waals surface area contributed by atoms with Crippen molar-refractivity contribution in [2.24, 2.45) is 0 Å². The fraction of sp³-hybridized carbons (Fsp3) is 0.769. The van der Waals surface area contributed by atoms with Crippen LogP contribution in [-0.2, 0) is 22.9 Å². The molecule has 0 aliphatic heterocycles. The number of aryl methyl sites for hydroxylation is 1. The van der Waals surface area contributed by atoms with Crippen LogP contribution in [-0.4, -0.2) is 35.2 Å². The molecule has 0 fully saturated rings. The zero-order valence-corrected chi connectivity index (χ0v) is 13.1. The summed E-state index contributed by atoms with van der Waals surface area (Å²) in [6.45, 7) is 9.36. The largest absolute Gasteiger partial charge is 0.308 e. The van der Waals surface area contributed by atoms with E-state index in [1.807, 2.05) is 13.1 Å². The summed E-state index contributed by atoms with van der Waals surface area (Å²) >= 11 is 0. The Kier molecular flexibility index (Phi) is 5.55. The van der Waals surface area contributed by atoms with Crippen molar-refractivity contribution in [3.05, 3.63) is 18.0 Å². The summed E-state index contributed by atoms with van der Waals surface area (Å²) in [6, 6.07) is 0. The SMILES string of the molecule is CCCS(=O)(=O)CCn1cc(CNC(C)(C)C)cn1. The third kappa shape index (κ3) is 6.73. The molecule has 0 saturated heterocycles. The molecular formula is C13H25N3O2S. The third-order valence-corrected chi connectivity index (χ3v) is 4.49. The highest BCUT2D eigenvalue weighted by Gasteiger charge is 2.11. The highest BCUT2D eigenvalue weighted by Crippen LogP contribution is 2.04. The standard InChI is InChI=1S/C13H25N3O2S/c1-5-7-19(17,18)8-6-16-11-12(10-15-16)9-14-13(2,3)4/h10-11,14H,5-9H2,1-4H3. The fourth-order valence-corrected chi connectivity index (χ4v) is 2.92. The minimum Gasteiger partial charge on any atom is -0.308 e. The van der Waals surface area contributed by atoms with Gasteiger partial charge in [-0.3, -0.25) is 4.68 Å². The lowest BCUT2D eigenvalue weighted by Gasteiger charge is -2.19. The van der Waals surface area contributed by atoms with Crippen LogP contribution in [0.15, 0.2) is 12.4 Å². The first-order valence-electron chi connectivity index (χ1n) is 6.68. The van der Waals surface area contributed by atoms with Crippen LogP contribution in [0.3, 0.4) is 0 Å². The van der Waals surface area contributed by atoms with Crippen molar-refractivity contribution in [1.29, 1.82) is 0 Å². The zero-order chi connectivity index (χ0) is 14.5. The van der Waals surface area contributed by atoms with Gasteiger partial charge in [-0.2, -0.15) is 5.10 Å². The normalized spacial score (nSPS) is 12.8. The van der Waals surface area contributed by atoms with Crippen molar-refractivity contribution in [1.82, 2.24) is 15.1 Å². The Morgan fingerprint density at radius 1 is 1.32 bits per heavy atom. The van der Waals surface area contributed by atoms with E-state index in [2.05, 4.69) is 31.2 Å². The molecule has 0 aromatic carbocycles. The maximum absolute atomic E-state index is 11.6. The van der Waals surface area contributed by atoms with Gasteiger partial charge in [0.15, 0.2) is 9.84 Å². The number of hydrogen-bond donors (Lipinski definition) is 1. The summed E-state index contributed by atoms with van der Waals surface area (Å²) in [4.78, 5) is 0. The topological polar surface area (TPSA) is 64.0 Å². The number of sulfone groups is 1. The van der Waals surface area contributed by atoms with E-state index in [0.717, 1.165) is 12.1 Å². The molecular weight excluding hydrogens is 262 g/mol. The Hall–Kier alpha value is -0.880. The lowest BCUT2D eigenvalue weighted by molar-refractivity contribution is 0.424. The first-order chi connectivity index (χ1) is 8.72. The Labute approximate surface area is 116 Å². The summed E-state index contributed by atoms with van der Waals surface area (Å²) in [5.74, 6) is 0.418. The Bertz CT molecular complexity index is 486. The van der Waals surface area contributed by atoms with Crippen LogP contribution in [0.4, 0.5) is 0 Å². The molecule has 110 valence electrons. The smallest absolute Gasteiger partial charge is 0.152 e. The highest BCUT2D eigenvalue weighted by atomic mass is 32.2. The molecule has 0 aliphatic rings. The Balaban J connectivity index is 2.47. The quantitative estimate of drug-likeness (QED) is 0.827. The Morgan fingerprint density at radius 3 is 2.58 bits per heavy atom. The van der Waals surface area contributed by atoms with Crippen molar-refractivity contribution in [3.63, 3.8) is 0 Å². The number of rotatable bonds is 7. The van der Waals surface area contributed by atoms with Crippen LogP contribution in [0.2, 0.25) is 0 Å². The van der Waals surface area contributed by atoms with Crippen molar-refractivity contribution >= 4 is 9.84 Å². The molecule has 1 N–H and O–H groups in total. The number of nitrogens with one attached hydrogen (secondary N) is 1. The van der Waals surface area contributed by atoms with Gasteiger partial charge >= 0.3 is 0 Å². The minimum absolute atomic E-state index is 0.0621. The molecule has 6 heteroatoms. The zero-order valence-electron chi connectivity index (χ0n) is 12.3. The second-order valence-corrected chi connectivity index (χ2v) is 8.17. The molecule has 1 rings (SSSR count). The van der Waals surface area contributed by atoms with Gasteiger partial charge in [-0.05, 0) is 27.2 Å². The van der Waals surface area contributed by atoms with E-state index in [1.165, 1.54) is 0 Å². The molecule has 0 atom stereocenters. The molecule has 5 nitrogen and oxygen atoms in total. The number of nitrogens with zero attached hydrogens (tertiary/aromatic N) is 2. The fourth-order valence-electron chi connectivity index (χ4n) is 1.63. The lowest BCUT2D eigenvalue weighted by atomic mass is 10.1. The van der Waals surface area contributed by atoms with Crippen LogP contribution < -0.4 is 5.32 Å². The first kappa shape index (κ1) is 16.2. The van der Waals surface area contributed by atoms with E-state index in [4.69, 9.17) is 0 Å². The van der Waals surface area contributed by atoms with E-state index >= 15 is 0 Å². The van der Waals surface area contributed by atoms with Crippen molar-refractivity contribution in [2.45, 2.75) is 52.7 Å². The predicted molar refractivity (Wildman–Crippen MR) is 77.8 cm³/mol. The molecule has 1 aromatic heterocycles. The van der Waals surface area contributed by atoms with Gasteiger partial charge in [0, 0.05) is 29.6 Å². The maximum atomic E-state index is 11.6. The highest BCUT2D eigenvalue weighted by molar-refractivity contribution is 7.91. The van der Waals surface area contributed by atoms with E-state index in [9.17, 15) is 8.42 Å². The van der Waals surface area contributed by atoms with E-state index in [0.29, 0.717) is 13.0 Å². The van der Waals surface area contributed by atoms with Crippen molar-refractivity contribution in [2.75, 3.05) is 11.5 Å². The summed E-state index contributed by atoms with van der Waals surface area (Å²) in [6.07, 6.45) is 4.35. The monoisotopic (exact) mass is 287 g/mol. The van der Waals surface area contributed by atoms with Crippen LogP contribution >= 0.6 is 0 Å². The van der Waals surface area contributed by atoms with E-state index < -0.39 is 9.84 Å². The molecule has 0 saturated carbocycles. The number of hydrogen-bond acceptors (Lipinski definition) is 4. The van der Waals surface area contributed by atoms with Crippen molar-refractivity contribution in [3.8, 4) is 0 Å². The molecule has 1 heterocycles. The summed E-state index contributed by atoms with van der Waals surface area (Å²) in [5, 5.41) is 7.56. The van der Waals surface area contributed by atoms with Gasteiger partial charge in [0.25, 0.3) is 0 Å². The molecule has 0 spiro atoms. The second-order valence-electron chi connectivity index (χ2n) is 5.87. The molecule has 0 radical (unpaired) electrons. The van der Waals surface area contributed by atoms with E-state index in [-0.39, 0.29) is 17.0 Å². The van der Waals surface area contributed by atoms with Gasteiger partial charge in [-0.15, -0.1) is 0 Å². The predicted octanol–water partition coefficient (Wildman–Crippen LogP) is 1.60. The molecule has 0 unspecified atom stereocenters.